The number of hydrogen-bond acceptors (Lipinski definition) is 4. The van der Waals surface area contributed by atoms with Crippen LogP contribution in [0, 0.1) is 5.92 Å². The van der Waals surface area contributed by atoms with Crippen molar-refractivity contribution >= 4 is 23.3 Å². The van der Waals surface area contributed by atoms with E-state index in [9.17, 15) is 4.79 Å². The fourth-order valence-corrected chi connectivity index (χ4v) is 3.40. The Kier molecular flexibility index (Phi) is 5.00. The molecule has 5 nitrogen and oxygen atoms in total. The molecule has 126 valence electrons. The van der Waals surface area contributed by atoms with E-state index in [1.165, 1.54) is 0 Å². The smallest absolute Gasteiger partial charge is 0.220 e. The van der Waals surface area contributed by atoms with Crippen LogP contribution in [0.3, 0.4) is 0 Å². The van der Waals surface area contributed by atoms with Crippen LogP contribution in [0.2, 0.25) is 5.15 Å². The third kappa shape index (κ3) is 3.36. The summed E-state index contributed by atoms with van der Waals surface area (Å²) >= 11 is 6.43. The van der Waals surface area contributed by atoms with Gasteiger partial charge in [0.2, 0.25) is 5.91 Å². The number of amides is 1. The number of nitrogens with zero attached hydrogens (tertiary/aromatic N) is 3. The van der Waals surface area contributed by atoms with E-state index in [0.717, 1.165) is 49.3 Å². The first kappa shape index (κ1) is 16.7. The van der Waals surface area contributed by atoms with Gasteiger partial charge in [0, 0.05) is 30.1 Å². The van der Waals surface area contributed by atoms with Gasteiger partial charge < -0.3 is 10.6 Å². The lowest BCUT2D eigenvalue weighted by Gasteiger charge is -2.33. The number of benzene rings is 1. The Hall–Kier alpha value is -2.14. The predicted molar refractivity (Wildman–Crippen MR) is 96.0 cm³/mol. The molecule has 1 aromatic carbocycles. The van der Waals surface area contributed by atoms with Crippen LogP contribution in [0.15, 0.2) is 30.3 Å². The van der Waals surface area contributed by atoms with Crippen LogP contribution in [0.25, 0.3) is 11.4 Å². The molecule has 24 heavy (non-hydrogen) atoms. The van der Waals surface area contributed by atoms with E-state index in [2.05, 4.69) is 9.88 Å². The van der Waals surface area contributed by atoms with Crippen molar-refractivity contribution in [3.05, 3.63) is 41.0 Å². The molecule has 1 amide bonds. The molecule has 3 rings (SSSR count). The van der Waals surface area contributed by atoms with Gasteiger partial charge in [0.15, 0.2) is 5.82 Å². The molecule has 2 heterocycles. The molecule has 0 bridgehead atoms. The predicted octanol–water partition coefficient (Wildman–Crippen LogP) is 3.06. The van der Waals surface area contributed by atoms with Crippen LogP contribution in [0.4, 0.5) is 5.82 Å². The highest BCUT2D eigenvalue weighted by Crippen LogP contribution is 2.31. The molecule has 2 aromatic rings. The molecule has 0 unspecified atom stereocenters. The highest BCUT2D eigenvalue weighted by Gasteiger charge is 2.26. The summed E-state index contributed by atoms with van der Waals surface area (Å²) in [5.41, 5.74) is 7.32. The minimum atomic E-state index is -0.212. The molecule has 1 aliphatic heterocycles. The second-order valence-corrected chi connectivity index (χ2v) is 6.38. The second-order valence-electron chi connectivity index (χ2n) is 6.02. The molecule has 0 saturated carbocycles. The Labute approximate surface area is 146 Å². The maximum atomic E-state index is 11.4. The van der Waals surface area contributed by atoms with Gasteiger partial charge in [-0.2, -0.15) is 0 Å². The van der Waals surface area contributed by atoms with Crippen molar-refractivity contribution in [1.82, 2.24) is 9.97 Å². The highest BCUT2D eigenvalue weighted by atomic mass is 35.5. The molecule has 0 spiro atoms. The summed E-state index contributed by atoms with van der Waals surface area (Å²) in [7, 11) is 0. The normalized spacial score (nSPS) is 15.5. The largest absolute Gasteiger partial charge is 0.369 e. The molecular weight excluding hydrogens is 324 g/mol. The first-order valence-electron chi connectivity index (χ1n) is 8.26. The molecule has 1 aromatic heterocycles. The van der Waals surface area contributed by atoms with Crippen molar-refractivity contribution in [2.24, 2.45) is 11.7 Å². The van der Waals surface area contributed by atoms with Crippen LogP contribution < -0.4 is 10.6 Å². The number of aromatic nitrogens is 2. The van der Waals surface area contributed by atoms with Gasteiger partial charge >= 0.3 is 0 Å². The first-order valence-corrected chi connectivity index (χ1v) is 8.64. The zero-order valence-electron chi connectivity index (χ0n) is 13.7. The van der Waals surface area contributed by atoms with Crippen molar-refractivity contribution in [2.75, 3.05) is 18.0 Å². The molecule has 0 aliphatic carbocycles. The Bertz CT molecular complexity index is 727. The lowest BCUT2D eigenvalue weighted by atomic mass is 9.96. The van der Waals surface area contributed by atoms with E-state index in [1.807, 2.05) is 37.3 Å². The van der Waals surface area contributed by atoms with E-state index in [-0.39, 0.29) is 11.8 Å². The third-order valence-corrected chi connectivity index (χ3v) is 4.83. The van der Waals surface area contributed by atoms with E-state index in [4.69, 9.17) is 22.3 Å². The monoisotopic (exact) mass is 344 g/mol. The van der Waals surface area contributed by atoms with Crippen LogP contribution in [0.1, 0.15) is 25.3 Å². The van der Waals surface area contributed by atoms with Crippen LogP contribution >= 0.6 is 11.6 Å². The van der Waals surface area contributed by atoms with Crippen LogP contribution in [0.5, 0.6) is 0 Å². The van der Waals surface area contributed by atoms with Crippen molar-refractivity contribution in [3.63, 3.8) is 0 Å². The van der Waals surface area contributed by atoms with Crippen molar-refractivity contribution in [1.29, 1.82) is 0 Å². The molecular formula is C18H21ClN4O. The number of halogens is 1. The fraction of sp³-hybridized carbons (Fsp3) is 0.389. The summed E-state index contributed by atoms with van der Waals surface area (Å²) in [6.45, 7) is 3.55. The van der Waals surface area contributed by atoms with Gasteiger partial charge in [-0.25, -0.2) is 9.97 Å². The van der Waals surface area contributed by atoms with Crippen LogP contribution in [-0.2, 0) is 11.2 Å². The summed E-state index contributed by atoms with van der Waals surface area (Å²) in [6.07, 6.45) is 2.26. The molecule has 2 N–H and O–H groups in total. The number of nitrogens with two attached hydrogens (primary N) is 1. The number of primary amides is 1. The molecule has 1 aliphatic rings. The highest BCUT2D eigenvalue weighted by molar-refractivity contribution is 6.30. The standard InChI is InChI=1S/C18H21ClN4O/c1-2-14-15(19)21-17(13-6-4-3-5-7-13)22-18(14)23-10-8-12(9-11-23)16(20)24/h3-7,12H,2,8-11H2,1H3,(H2,20,24). The van der Waals surface area contributed by atoms with Gasteiger partial charge in [0.25, 0.3) is 0 Å². The summed E-state index contributed by atoms with van der Waals surface area (Å²) in [5.74, 6) is 1.25. The topological polar surface area (TPSA) is 72.1 Å². The van der Waals surface area contributed by atoms with Gasteiger partial charge in [-0.3, -0.25) is 4.79 Å². The molecule has 1 fully saturated rings. The Morgan fingerprint density at radius 1 is 1.25 bits per heavy atom. The number of carbonyl (C=O) groups excluding carboxylic acids is 1. The SMILES string of the molecule is CCc1c(Cl)nc(-c2ccccc2)nc1N1CCC(C(N)=O)CC1. The van der Waals surface area contributed by atoms with E-state index < -0.39 is 0 Å². The van der Waals surface area contributed by atoms with Gasteiger partial charge in [-0.05, 0) is 19.3 Å². The summed E-state index contributed by atoms with van der Waals surface area (Å²) in [6, 6.07) is 9.82. The zero-order valence-corrected chi connectivity index (χ0v) is 14.5. The fourth-order valence-electron chi connectivity index (χ4n) is 3.10. The Morgan fingerprint density at radius 2 is 1.92 bits per heavy atom. The van der Waals surface area contributed by atoms with Crippen molar-refractivity contribution in [2.45, 2.75) is 26.2 Å². The number of piperidine rings is 1. The third-order valence-electron chi connectivity index (χ3n) is 4.52. The number of anilines is 1. The second kappa shape index (κ2) is 7.18. The average Bonchev–Trinajstić information content (AvgIpc) is 2.62. The maximum Gasteiger partial charge on any atom is 0.220 e. The van der Waals surface area contributed by atoms with E-state index in [0.29, 0.717) is 11.0 Å². The van der Waals surface area contributed by atoms with Crippen molar-refractivity contribution in [3.8, 4) is 11.4 Å². The Balaban J connectivity index is 1.94. The molecule has 0 atom stereocenters. The summed E-state index contributed by atoms with van der Waals surface area (Å²) < 4.78 is 0. The number of rotatable bonds is 4. The minimum absolute atomic E-state index is 0.0442. The first-order chi connectivity index (χ1) is 11.6. The quantitative estimate of drug-likeness (QED) is 0.865. The lowest BCUT2D eigenvalue weighted by Crippen LogP contribution is -2.39. The van der Waals surface area contributed by atoms with Gasteiger partial charge in [0.1, 0.15) is 11.0 Å². The average molecular weight is 345 g/mol. The molecule has 6 heteroatoms. The van der Waals surface area contributed by atoms with Gasteiger partial charge in [-0.15, -0.1) is 0 Å². The van der Waals surface area contributed by atoms with Crippen molar-refractivity contribution < 1.29 is 4.79 Å². The number of hydrogen-bond donors (Lipinski definition) is 1. The Morgan fingerprint density at radius 3 is 2.50 bits per heavy atom. The minimum Gasteiger partial charge on any atom is -0.369 e. The maximum absolute atomic E-state index is 11.4. The van der Waals surface area contributed by atoms with E-state index in [1.54, 1.807) is 0 Å². The zero-order chi connectivity index (χ0) is 17.1. The van der Waals surface area contributed by atoms with Gasteiger partial charge in [-0.1, -0.05) is 48.9 Å². The van der Waals surface area contributed by atoms with Gasteiger partial charge in [0.05, 0.1) is 0 Å². The van der Waals surface area contributed by atoms with Crippen LogP contribution in [-0.4, -0.2) is 29.0 Å². The summed E-state index contributed by atoms with van der Waals surface area (Å²) in [5, 5.41) is 0.498. The molecule has 1 saturated heterocycles. The molecule has 0 radical (unpaired) electrons. The van der Waals surface area contributed by atoms with E-state index >= 15 is 0 Å². The lowest BCUT2D eigenvalue weighted by molar-refractivity contribution is -0.122. The summed E-state index contributed by atoms with van der Waals surface area (Å²) in [4.78, 5) is 22.8. The number of carbonyl (C=O) groups is 1.